The van der Waals surface area contributed by atoms with Crippen LogP contribution in [0.1, 0.15) is 44.9 Å². The van der Waals surface area contributed by atoms with E-state index in [9.17, 15) is 75.0 Å². The van der Waals surface area contributed by atoms with Crippen molar-refractivity contribution < 1.29 is 75.0 Å². The molecule has 1 aliphatic carbocycles. The number of carbonyl (C=O) groups is 1. The van der Waals surface area contributed by atoms with E-state index in [1.165, 1.54) is 0 Å². The van der Waals surface area contributed by atoms with Crippen LogP contribution in [0.2, 0.25) is 0 Å². The molecule has 1 rings (SSSR count). The summed E-state index contributed by atoms with van der Waals surface area (Å²) in [6, 6.07) is -1.39. The topological polar surface area (TPSA) is 29.1 Å². The molecule has 0 saturated heterocycles. The Labute approximate surface area is 196 Å². The molecule has 1 amide bonds. The van der Waals surface area contributed by atoms with E-state index >= 15 is 0 Å². The van der Waals surface area contributed by atoms with Crippen molar-refractivity contribution in [2.45, 2.75) is 97.8 Å². The first-order chi connectivity index (χ1) is 15.7. The highest BCUT2D eigenvalue weighted by atomic mass is 35.5. The van der Waals surface area contributed by atoms with Crippen molar-refractivity contribution >= 4 is 17.5 Å². The second-order valence-corrected chi connectivity index (χ2v) is 8.51. The van der Waals surface area contributed by atoms with Gasteiger partial charge in [-0.15, -0.1) is 0 Å². The van der Waals surface area contributed by atoms with Gasteiger partial charge in [0.05, 0.1) is 0 Å². The van der Waals surface area contributed by atoms with Gasteiger partial charge in [0.25, 0.3) is 5.91 Å². The van der Waals surface area contributed by atoms with Gasteiger partial charge in [-0.2, -0.15) is 70.2 Å². The third-order valence-electron chi connectivity index (χ3n) is 5.45. The molecule has 0 aromatic heterocycles. The van der Waals surface area contributed by atoms with E-state index in [-0.39, 0.29) is 25.7 Å². The smallest absolute Gasteiger partial charge is 0.348 e. The highest BCUT2D eigenvalue weighted by Gasteiger charge is 2.95. The summed E-state index contributed by atoms with van der Waals surface area (Å²) in [5.74, 6) is -60.0. The third-order valence-corrected chi connectivity index (χ3v) is 5.68. The molecule has 0 aromatic rings. The van der Waals surface area contributed by atoms with Crippen molar-refractivity contribution in [1.29, 1.82) is 0 Å². The average Bonchev–Trinajstić information content (AvgIpc) is 2.67. The monoisotopic (exact) mass is 589 g/mol. The summed E-state index contributed by atoms with van der Waals surface area (Å²) in [5, 5.41) is -5.69. The first kappa shape index (κ1) is 32.7. The molecule has 0 heterocycles. The SMILES string of the molecule is O=C(NC1CCCCCCC1)C(F)(F)C(F)(F)C(F)(F)C(F)(F)C(F)(F)C(F)(F)C(F)(F)C(F)(F)Cl. The van der Waals surface area contributed by atoms with E-state index in [1.54, 1.807) is 0 Å². The molecule has 36 heavy (non-hydrogen) atoms. The van der Waals surface area contributed by atoms with Crippen molar-refractivity contribution in [3.8, 4) is 0 Å². The van der Waals surface area contributed by atoms with Crippen molar-refractivity contribution in [2.24, 2.45) is 0 Å². The van der Waals surface area contributed by atoms with E-state index in [4.69, 9.17) is 0 Å². The lowest BCUT2D eigenvalue weighted by Gasteiger charge is -2.42. The Morgan fingerprint density at radius 2 is 0.833 bits per heavy atom. The molecule has 1 aliphatic rings. The molecule has 0 bridgehead atoms. The van der Waals surface area contributed by atoms with Crippen molar-refractivity contribution in [2.75, 3.05) is 0 Å². The summed E-state index contributed by atoms with van der Waals surface area (Å²) < 4.78 is 215. The second-order valence-electron chi connectivity index (χ2n) is 8.03. The molecule has 19 heteroatoms. The molecule has 0 aliphatic heterocycles. The molecule has 0 radical (unpaired) electrons. The average molecular weight is 590 g/mol. The van der Waals surface area contributed by atoms with E-state index in [0.717, 1.165) is 5.32 Å². The lowest BCUT2D eigenvalue weighted by molar-refractivity contribution is -0.446. The minimum Gasteiger partial charge on any atom is -0.348 e. The molecule has 0 spiro atoms. The molecule has 1 fully saturated rings. The normalized spacial score (nSPS) is 19.0. The van der Waals surface area contributed by atoms with E-state index in [0.29, 0.717) is 19.3 Å². The number of alkyl halides is 17. The zero-order valence-electron chi connectivity index (χ0n) is 17.4. The van der Waals surface area contributed by atoms with Crippen LogP contribution >= 0.6 is 11.6 Å². The first-order valence-electron chi connectivity index (χ1n) is 9.77. The summed E-state index contributed by atoms with van der Waals surface area (Å²) in [6.45, 7) is 0. The predicted octanol–water partition coefficient (Wildman–Crippen LogP) is 7.49. The summed E-state index contributed by atoms with van der Waals surface area (Å²) in [6.07, 6.45) is 1.67. The van der Waals surface area contributed by atoms with Gasteiger partial charge in [-0.3, -0.25) is 4.79 Å². The van der Waals surface area contributed by atoms with Gasteiger partial charge in [0.1, 0.15) is 0 Å². The highest BCUT2D eigenvalue weighted by Crippen LogP contribution is 2.64. The van der Waals surface area contributed by atoms with Gasteiger partial charge in [0, 0.05) is 6.04 Å². The molecular weight excluding hydrogens is 574 g/mol. The van der Waals surface area contributed by atoms with Crippen LogP contribution in [0.15, 0.2) is 0 Å². The van der Waals surface area contributed by atoms with E-state index < -0.39 is 58.8 Å². The summed E-state index contributed by atoms with van der Waals surface area (Å²) in [7, 11) is 0. The zero-order valence-corrected chi connectivity index (χ0v) is 18.1. The Bertz CT molecular complexity index is 786. The van der Waals surface area contributed by atoms with Gasteiger partial charge in [-0.05, 0) is 24.4 Å². The van der Waals surface area contributed by atoms with Crippen LogP contribution < -0.4 is 5.32 Å². The minimum absolute atomic E-state index is 0.175. The van der Waals surface area contributed by atoms with Gasteiger partial charge >= 0.3 is 46.8 Å². The zero-order chi connectivity index (χ0) is 28.8. The van der Waals surface area contributed by atoms with Gasteiger partial charge in [-0.1, -0.05) is 32.1 Å². The highest BCUT2D eigenvalue weighted by molar-refractivity contribution is 6.22. The Balaban J connectivity index is 3.44. The third kappa shape index (κ3) is 4.90. The number of amides is 1. The minimum atomic E-state index is -8.58. The standard InChI is InChI=1S/C17H16ClF16NO/c18-17(33,34)16(31,32)15(29,30)14(27,28)13(25,26)12(23,24)11(21,22)10(19,20)9(36)35-8-6-4-2-1-3-5-7-8/h8H,1-7H2,(H,35,36). The largest absolute Gasteiger partial charge is 0.393 e. The molecule has 0 atom stereocenters. The van der Waals surface area contributed by atoms with E-state index in [1.807, 2.05) is 0 Å². The van der Waals surface area contributed by atoms with Gasteiger partial charge in [0.2, 0.25) is 0 Å². The molecule has 1 N–H and O–H groups in total. The van der Waals surface area contributed by atoms with Crippen LogP contribution in [0.5, 0.6) is 0 Å². The molecule has 0 unspecified atom stereocenters. The van der Waals surface area contributed by atoms with Gasteiger partial charge in [0.15, 0.2) is 0 Å². The predicted molar refractivity (Wildman–Crippen MR) is 89.7 cm³/mol. The molecule has 214 valence electrons. The molecule has 0 aromatic carbocycles. The van der Waals surface area contributed by atoms with E-state index in [2.05, 4.69) is 11.6 Å². The maximum absolute atomic E-state index is 14.0. The van der Waals surface area contributed by atoms with Crippen LogP contribution in [0.3, 0.4) is 0 Å². The molecule has 1 saturated carbocycles. The van der Waals surface area contributed by atoms with Crippen molar-refractivity contribution in [3.63, 3.8) is 0 Å². The maximum Gasteiger partial charge on any atom is 0.393 e. The fourth-order valence-electron chi connectivity index (χ4n) is 3.18. The molecular formula is C17H16ClF16NO. The fourth-order valence-corrected chi connectivity index (χ4v) is 3.30. The fraction of sp³-hybridized carbons (Fsp3) is 0.941. The Hall–Kier alpha value is -1.36. The lowest BCUT2D eigenvalue weighted by Crippen LogP contribution is -2.75. The number of rotatable bonds is 9. The van der Waals surface area contributed by atoms with Gasteiger partial charge < -0.3 is 5.32 Å². The second kappa shape index (κ2) is 9.75. The number of carbonyl (C=O) groups excluding carboxylic acids is 1. The first-order valence-corrected chi connectivity index (χ1v) is 10.1. The molecule has 2 nitrogen and oxygen atoms in total. The quantitative estimate of drug-likeness (QED) is 0.219. The van der Waals surface area contributed by atoms with Crippen LogP contribution in [-0.2, 0) is 4.79 Å². The number of hydrogen-bond donors (Lipinski definition) is 1. The van der Waals surface area contributed by atoms with Crippen LogP contribution in [0.25, 0.3) is 0 Å². The Morgan fingerprint density at radius 1 is 0.528 bits per heavy atom. The van der Waals surface area contributed by atoms with Gasteiger partial charge in [-0.25, -0.2) is 0 Å². The summed E-state index contributed by atoms with van der Waals surface area (Å²) in [4.78, 5) is 11.6. The van der Waals surface area contributed by atoms with Crippen LogP contribution in [0, 0.1) is 0 Å². The summed E-state index contributed by atoms with van der Waals surface area (Å²) >= 11 is 3.45. The van der Waals surface area contributed by atoms with Crippen molar-refractivity contribution in [1.82, 2.24) is 5.32 Å². The summed E-state index contributed by atoms with van der Waals surface area (Å²) in [5.41, 5.74) is 0. The number of hydrogen-bond acceptors (Lipinski definition) is 1. The number of halogens is 17. The Morgan fingerprint density at radius 3 is 1.19 bits per heavy atom. The van der Waals surface area contributed by atoms with Crippen LogP contribution in [0.4, 0.5) is 70.2 Å². The lowest BCUT2D eigenvalue weighted by atomic mass is 9.88. The number of nitrogens with one attached hydrogen (secondary N) is 1. The maximum atomic E-state index is 14.0. The van der Waals surface area contributed by atoms with Crippen LogP contribution in [-0.4, -0.2) is 58.8 Å². The Kier molecular flexibility index (Phi) is 8.84. The van der Waals surface area contributed by atoms with Crippen molar-refractivity contribution in [3.05, 3.63) is 0 Å².